The number of nitrogen functional groups attached to an aromatic ring is 1. The number of nitrogens with two attached hydrogens (primary N) is 1. The van der Waals surface area contributed by atoms with Gasteiger partial charge in [0.25, 0.3) is 0 Å². The summed E-state index contributed by atoms with van der Waals surface area (Å²) in [4.78, 5) is 0. The molecule has 1 saturated carbocycles. The van der Waals surface area contributed by atoms with E-state index in [1.165, 1.54) is 49.7 Å². The molecule has 98 valence electrons. The highest BCUT2D eigenvalue weighted by molar-refractivity contribution is 5.47. The van der Waals surface area contributed by atoms with Gasteiger partial charge in [-0.1, -0.05) is 18.9 Å². The molecule has 0 amide bonds. The molecule has 1 fully saturated rings. The van der Waals surface area contributed by atoms with E-state index in [1.807, 2.05) is 6.07 Å². The summed E-state index contributed by atoms with van der Waals surface area (Å²) in [5, 5.41) is 3.86. The van der Waals surface area contributed by atoms with E-state index in [0.29, 0.717) is 12.1 Å². The molecule has 3 N–H and O–H groups in total. The Labute approximate surface area is 110 Å². The van der Waals surface area contributed by atoms with Gasteiger partial charge < -0.3 is 11.1 Å². The summed E-state index contributed by atoms with van der Waals surface area (Å²) in [6.07, 6.45) is 8.08. The van der Waals surface area contributed by atoms with Gasteiger partial charge in [-0.2, -0.15) is 0 Å². The molecular weight excluding hydrogens is 220 g/mol. The molecule has 0 aromatic heterocycles. The largest absolute Gasteiger partial charge is 0.399 e. The van der Waals surface area contributed by atoms with Crippen LogP contribution in [0.15, 0.2) is 18.2 Å². The second kappa shape index (κ2) is 4.93. The SMILES string of the molecule is C[C@@H](NC1CCc2cc(N)ccc21)C1CCCC1. The maximum Gasteiger partial charge on any atom is 0.0328 e. The molecule has 1 aromatic carbocycles. The van der Waals surface area contributed by atoms with Gasteiger partial charge in [0.15, 0.2) is 0 Å². The van der Waals surface area contributed by atoms with E-state index < -0.39 is 0 Å². The predicted octanol–water partition coefficient (Wildman–Crippen LogP) is 3.42. The van der Waals surface area contributed by atoms with Gasteiger partial charge in [0.1, 0.15) is 0 Å². The van der Waals surface area contributed by atoms with E-state index in [0.717, 1.165) is 11.6 Å². The van der Waals surface area contributed by atoms with Gasteiger partial charge in [-0.25, -0.2) is 0 Å². The Balaban J connectivity index is 1.68. The maximum absolute atomic E-state index is 5.86. The van der Waals surface area contributed by atoms with Gasteiger partial charge in [-0.05, 0) is 61.8 Å². The summed E-state index contributed by atoms with van der Waals surface area (Å²) < 4.78 is 0. The van der Waals surface area contributed by atoms with Gasteiger partial charge in [0, 0.05) is 17.8 Å². The van der Waals surface area contributed by atoms with Crippen molar-refractivity contribution in [1.82, 2.24) is 5.32 Å². The molecule has 0 aliphatic heterocycles. The minimum atomic E-state index is 0.552. The van der Waals surface area contributed by atoms with Crippen LogP contribution >= 0.6 is 0 Å². The molecule has 0 spiro atoms. The van der Waals surface area contributed by atoms with E-state index in [-0.39, 0.29) is 0 Å². The van der Waals surface area contributed by atoms with Crippen molar-refractivity contribution in [3.8, 4) is 0 Å². The first-order chi connectivity index (χ1) is 8.74. The van der Waals surface area contributed by atoms with E-state index in [9.17, 15) is 0 Å². The van der Waals surface area contributed by atoms with Crippen molar-refractivity contribution in [2.24, 2.45) is 5.92 Å². The van der Waals surface area contributed by atoms with Crippen LogP contribution in [0.2, 0.25) is 0 Å². The van der Waals surface area contributed by atoms with Crippen molar-refractivity contribution < 1.29 is 0 Å². The monoisotopic (exact) mass is 244 g/mol. The number of rotatable bonds is 3. The fourth-order valence-corrected chi connectivity index (χ4v) is 3.72. The minimum absolute atomic E-state index is 0.552. The molecule has 0 bridgehead atoms. The number of fused-ring (bicyclic) bond motifs is 1. The lowest BCUT2D eigenvalue weighted by atomic mass is 9.98. The zero-order valence-corrected chi connectivity index (χ0v) is 11.3. The standard InChI is InChI=1S/C16H24N2/c1-11(12-4-2-3-5-12)18-16-9-6-13-10-14(17)7-8-15(13)16/h7-8,10-12,16,18H,2-6,9,17H2,1H3/t11-,16?/m1/s1. The van der Waals surface area contributed by atoms with Crippen molar-refractivity contribution in [2.45, 2.75) is 57.5 Å². The summed E-state index contributed by atoms with van der Waals surface area (Å²) in [5.74, 6) is 0.892. The van der Waals surface area contributed by atoms with Crippen LogP contribution < -0.4 is 11.1 Å². The van der Waals surface area contributed by atoms with Gasteiger partial charge >= 0.3 is 0 Å². The fraction of sp³-hybridized carbons (Fsp3) is 0.625. The van der Waals surface area contributed by atoms with Crippen LogP contribution in [0.1, 0.15) is 56.2 Å². The number of anilines is 1. The molecule has 2 nitrogen and oxygen atoms in total. The average Bonchev–Trinajstić information content (AvgIpc) is 2.98. The van der Waals surface area contributed by atoms with Crippen molar-refractivity contribution in [1.29, 1.82) is 0 Å². The third-order valence-electron chi connectivity index (χ3n) is 4.82. The van der Waals surface area contributed by atoms with Crippen molar-refractivity contribution in [2.75, 3.05) is 5.73 Å². The average molecular weight is 244 g/mol. The van der Waals surface area contributed by atoms with Gasteiger partial charge in [0.05, 0.1) is 0 Å². The van der Waals surface area contributed by atoms with Gasteiger partial charge in [-0.3, -0.25) is 0 Å². The Morgan fingerprint density at radius 2 is 2.00 bits per heavy atom. The van der Waals surface area contributed by atoms with E-state index in [1.54, 1.807) is 0 Å². The van der Waals surface area contributed by atoms with Crippen LogP contribution in [0.25, 0.3) is 0 Å². The molecule has 18 heavy (non-hydrogen) atoms. The second-order valence-electron chi connectivity index (χ2n) is 6.05. The van der Waals surface area contributed by atoms with Crippen molar-refractivity contribution in [3.05, 3.63) is 29.3 Å². The predicted molar refractivity (Wildman–Crippen MR) is 76.5 cm³/mol. The Bertz CT molecular complexity index is 421. The Morgan fingerprint density at radius 1 is 1.22 bits per heavy atom. The summed E-state index contributed by atoms with van der Waals surface area (Å²) in [5.41, 5.74) is 9.69. The van der Waals surface area contributed by atoms with Crippen LogP contribution in [0.5, 0.6) is 0 Å². The molecule has 0 saturated heterocycles. The van der Waals surface area contributed by atoms with Crippen molar-refractivity contribution in [3.63, 3.8) is 0 Å². The number of aryl methyl sites for hydroxylation is 1. The van der Waals surface area contributed by atoms with Gasteiger partial charge in [0.2, 0.25) is 0 Å². The number of hydrogen-bond donors (Lipinski definition) is 2. The van der Waals surface area contributed by atoms with E-state index in [4.69, 9.17) is 5.73 Å². The lowest BCUT2D eigenvalue weighted by molar-refractivity contribution is 0.342. The topological polar surface area (TPSA) is 38.0 Å². The van der Waals surface area contributed by atoms with Crippen molar-refractivity contribution >= 4 is 5.69 Å². The molecule has 3 rings (SSSR count). The maximum atomic E-state index is 5.86. The highest BCUT2D eigenvalue weighted by atomic mass is 15.0. The third-order valence-corrected chi connectivity index (χ3v) is 4.82. The Hall–Kier alpha value is -1.02. The molecular formula is C16H24N2. The molecule has 2 heteroatoms. The number of hydrogen-bond acceptors (Lipinski definition) is 2. The summed E-state index contributed by atoms with van der Waals surface area (Å²) in [6, 6.07) is 7.62. The Morgan fingerprint density at radius 3 is 2.78 bits per heavy atom. The van der Waals surface area contributed by atoms with Crippen LogP contribution in [0.4, 0.5) is 5.69 Å². The second-order valence-corrected chi connectivity index (χ2v) is 6.05. The molecule has 1 unspecified atom stereocenters. The summed E-state index contributed by atoms with van der Waals surface area (Å²) in [6.45, 7) is 2.37. The lowest BCUT2D eigenvalue weighted by Gasteiger charge is -2.25. The van der Waals surface area contributed by atoms with Gasteiger partial charge in [-0.15, -0.1) is 0 Å². The Kier molecular flexibility index (Phi) is 3.29. The lowest BCUT2D eigenvalue weighted by Crippen LogP contribution is -2.34. The minimum Gasteiger partial charge on any atom is -0.399 e. The fourth-order valence-electron chi connectivity index (χ4n) is 3.72. The quantitative estimate of drug-likeness (QED) is 0.799. The molecule has 2 aliphatic rings. The summed E-state index contributed by atoms with van der Waals surface area (Å²) >= 11 is 0. The number of nitrogens with one attached hydrogen (secondary N) is 1. The zero-order valence-electron chi connectivity index (χ0n) is 11.3. The molecule has 1 aromatic rings. The van der Waals surface area contributed by atoms with Crippen LogP contribution in [-0.2, 0) is 6.42 Å². The van der Waals surface area contributed by atoms with Crippen LogP contribution in [-0.4, -0.2) is 6.04 Å². The third kappa shape index (κ3) is 2.26. The van der Waals surface area contributed by atoms with Crippen LogP contribution in [0.3, 0.4) is 0 Å². The highest BCUT2D eigenvalue weighted by Crippen LogP contribution is 2.35. The highest BCUT2D eigenvalue weighted by Gasteiger charge is 2.27. The molecule has 0 radical (unpaired) electrons. The smallest absolute Gasteiger partial charge is 0.0328 e. The van der Waals surface area contributed by atoms with Crippen LogP contribution in [0, 0.1) is 5.92 Å². The normalized spacial score (nSPS) is 25.3. The molecule has 2 aliphatic carbocycles. The first-order valence-corrected chi connectivity index (χ1v) is 7.38. The first-order valence-electron chi connectivity index (χ1n) is 7.38. The zero-order chi connectivity index (χ0) is 12.5. The first kappa shape index (κ1) is 12.0. The molecule has 0 heterocycles. The molecule has 2 atom stereocenters. The summed E-state index contributed by atoms with van der Waals surface area (Å²) in [7, 11) is 0. The van der Waals surface area contributed by atoms with E-state index in [2.05, 4.69) is 24.4 Å². The number of benzene rings is 1. The van der Waals surface area contributed by atoms with E-state index >= 15 is 0 Å².